The summed E-state index contributed by atoms with van der Waals surface area (Å²) in [5.74, 6) is -4.88. The van der Waals surface area contributed by atoms with Crippen LogP contribution in [0.25, 0.3) is 0 Å². The lowest BCUT2D eigenvalue weighted by Crippen LogP contribution is -2.47. The summed E-state index contributed by atoms with van der Waals surface area (Å²) in [6, 6.07) is 0. The highest BCUT2D eigenvalue weighted by molar-refractivity contribution is 6.24. The van der Waals surface area contributed by atoms with Crippen molar-refractivity contribution in [1.29, 1.82) is 0 Å². The molecule has 5 rings (SSSR count). The van der Waals surface area contributed by atoms with Crippen molar-refractivity contribution in [2.45, 2.75) is 65.9 Å². The van der Waals surface area contributed by atoms with Gasteiger partial charge in [0.25, 0.3) is 0 Å². The summed E-state index contributed by atoms with van der Waals surface area (Å²) in [6.45, 7) is 7.73. The van der Waals surface area contributed by atoms with Gasteiger partial charge in [0.05, 0.1) is 11.7 Å². The molecule has 0 radical (unpaired) electrons. The summed E-state index contributed by atoms with van der Waals surface area (Å²) < 4.78 is 0. The minimum atomic E-state index is -1.06. The lowest BCUT2D eigenvalue weighted by molar-refractivity contribution is -0.134. The number of carbonyl (C=O) groups excluding carboxylic acids is 2. The van der Waals surface area contributed by atoms with Crippen molar-refractivity contribution in [3.8, 4) is 0 Å². The standard InChI is InChI=1S/C32H40O6/c1-5-19-22(31(37)38)15-32(4)14-16(2)8-6-7-9-18-11-13-21-20(12-10-17(3)27(21)33)23(18)28(34)25-29(35)24(19)26(32)30(25)36/h6-7,11,13-15,17-21,23-24,26-27,33,36H,5,8-10,12H2,1-4H3,(H,37,38)/b7-6+,16-14+/t17-,18+,19+,20+,21-,23?,24?,26?,27-,32-/m0/s1. The zero-order valence-corrected chi connectivity index (χ0v) is 22.8. The van der Waals surface area contributed by atoms with Crippen molar-refractivity contribution < 1.29 is 29.7 Å². The molecule has 3 unspecified atom stereocenters. The third-order valence-electron chi connectivity index (χ3n) is 10.2. The lowest BCUT2D eigenvalue weighted by atomic mass is 9.59. The van der Waals surface area contributed by atoms with Crippen LogP contribution in [0, 0.1) is 52.8 Å². The fourth-order valence-corrected chi connectivity index (χ4v) is 8.39. The number of hydrogen-bond acceptors (Lipinski definition) is 5. The second kappa shape index (κ2) is 9.78. The van der Waals surface area contributed by atoms with E-state index in [0.29, 0.717) is 19.3 Å². The van der Waals surface area contributed by atoms with E-state index in [-0.39, 0.29) is 46.4 Å². The SMILES string of the molecule is CC[C@@H]1C(C(=O)O)=C[C@]2(C)/C=C(\C)C/C=C/C[C@@H]3C=C[C@@H]4[C@@H](O)[C@@H](C)CC[C@H]4C3C(=O)C3=C(O)C2C1C3=O. The topological polar surface area (TPSA) is 112 Å². The highest BCUT2D eigenvalue weighted by atomic mass is 16.4. The Morgan fingerprint density at radius 2 is 1.79 bits per heavy atom. The fourth-order valence-electron chi connectivity index (χ4n) is 8.39. The molecule has 0 aromatic carbocycles. The number of aliphatic hydroxyl groups is 2. The maximum absolute atomic E-state index is 14.4. The van der Waals surface area contributed by atoms with Gasteiger partial charge < -0.3 is 15.3 Å². The molecule has 6 heteroatoms. The van der Waals surface area contributed by atoms with Crippen LogP contribution >= 0.6 is 0 Å². The first-order valence-electron chi connectivity index (χ1n) is 14.2. The third kappa shape index (κ3) is 4.07. The first kappa shape index (κ1) is 26.9. The van der Waals surface area contributed by atoms with Crippen LogP contribution in [0.4, 0.5) is 0 Å². The van der Waals surface area contributed by atoms with Gasteiger partial charge in [-0.25, -0.2) is 4.79 Å². The number of aliphatic carboxylic acids is 1. The normalized spacial score (nSPS) is 45.0. The summed E-state index contributed by atoms with van der Waals surface area (Å²) in [7, 11) is 0. The molecule has 0 heterocycles. The molecule has 5 aliphatic carbocycles. The smallest absolute Gasteiger partial charge is 0.331 e. The Morgan fingerprint density at radius 3 is 2.47 bits per heavy atom. The Kier molecular flexibility index (Phi) is 6.91. The van der Waals surface area contributed by atoms with Crippen LogP contribution in [0.3, 0.4) is 0 Å². The number of ketones is 2. The van der Waals surface area contributed by atoms with Gasteiger partial charge in [-0.1, -0.05) is 62.8 Å². The molecule has 0 aliphatic heterocycles. The van der Waals surface area contributed by atoms with E-state index < -0.39 is 46.9 Å². The number of Topliss-reactive ketones (excluding diaryl/α,β-unsaturated/α-hetero) is 2. The minimum Gasteiger partial charge on any atom is -0.511 e. The molecule has 204 valence electrons. The Labute approximate surface area is 224 Å². The van der Waals surface area contributed by atoms with Crippen molar-refractivity contribution in [1.82, 2.24) is 0 Å². The number of carboxylic acids is 1. The monoisotopic (exact) mass is 520 g/mol. The zero-order valence-electron chi connectivity index (χ0n) is 22.8. The van der Waals surface area contributed by atoms with Gasteiger partial charge in [-0.2, -0.15) is 0 Å². The molecule has 1 fully saturated rings. The predicted molar refractivity (Wildman–Crippen MR) is 144 cm³/mol. The molecule has 6 nitrogen and oxygen atoms in total. The second-order valence-electron chi connectivity index (χ2n) is 12.5. The van der Waals surface area contributed by atoms with E-state index in [1.54, 1.807) is 6.08 Å². The number of allylic oxidation sites excluding steroid dienone is 8. The Bertz CT molecular complexity index is 1200. The molecular formula is C32H40O6. The van der Waals surface area contributed by atoms with Gasteiger partial charge in [0.15, 0.2) is 11.6 Å². The lowest BCUT2D eigenvalue weighted by Gasteiger charge is -2.45. The summed E-state index contributed by atoms with van der Waals surface area (Å²) in [4.78, 5) is 40.9. The van der Waals surface area contributed by atoms with Gasteiger partial charge in [-0.05, 0) is 56.8 Å². The van der Waals surface area contributed by atoms with Gasteiger partial charge in [-0.3, -0.25) is 9.59 Å². The van der Waals surface area contributed by atoms with Crippen molar-refractivity contribution in [3.63, 3.8) is 0 Å². The molecule has 0 aromatic rings. The summed E-state index contributed by atoms with van der Waals surface area (Å²) in [5, 5.41) is 32.8. The largest absolute Gasteiger partial charge is 0.511 e. The molecule has 1 saturated carbocycles. The van der Waals surface area contributed by atoms with Crippen LogP contribution in [-0.4, -0.2) is 39.0 Å². The summed E-state index contributed by atoms with van der Waals surface area (Å²) in [5.41, 5.74) is 0.137. The number of aliphatic hydroxyl groups excluding tert-OH is 2. The minimum absolute atomic E-state index is 0.112. The van der Waals surface area contributed by atoms with Crippen LogP contribution in [0.1, 0.15) is 59.8 Å². The molecule has 3 N–H and O–H groups in total. The van der Waals surface area contributed by atoms with E-state index in [4.69, 9.17) is 0 Å². The van der Waals surface area contributed by atoms with E-state index in [1.165, 1.54) is 0 Å². The second-order valence-corrected chi connectivity index (χ2v) is 12.5. The molecule has 10 atom stereocenters. The van der Waals surface area contributed by atoms with Crippen LogP contribution in [0.15, 0.2) is 58.9 Å². The first-order valence-corrected chi connectivity index (χ1v) is 14.2. The highest BCUT2D eigenvalue weighted by Crippen LogP contribution is 2.57. The average molecular weight is 521 g/mol. The van der Waals surface area contributed by atoms with Crippen LogP contribution in [-0.2, 0) is 14.4 Å². The zero-order chi connectivity index (χ0) is 27.5. The third-order valence-corrected chi connectivity index (χ3v) is 10.2. The maximum atomic E-state index is 14.4. The van der Waals surface area contributed by atoms with Gasteiger partial charge in [-0.15, -0.1) is 0 Å². The van der Waals surface area contributed by atoms with Crippen LogP contribution in [0.2, 0.25) is 0 Å². The Morgan fingerprint density at radius 1 is 1.08 bits per heavy atom. The average Bonchev–Trinajstić information content (AvgIpc) is 3.13. The summed E-state index contributed by atoms with van der Waals surface area (Å²) in [6.07, 6.45) is 14.7. The molecule has 0 spiro atoms. The fraction of sp³-hybridized carbons (Fsp3) is 0.594. The molecule has 0 amide bonds. The predicted octanol–water partition coefficient (Wildman–Crippen LogP) is 5.36. The van der Waals surface area contributed by atoms with Crippen molar-refractivity contribution in [2.75, 3.05) is 0 Å². The summed E-state index contributed by atoms with van der Waals surface area (Å²) >= 11 is 0. The first-order chi connectivity index (χ1) is 18.0. The Balaban J connectivity index is 1.68. The quantitative estimate of drug-likeness (QED) is 0.334. The maximum Gasteiger partial charge on any atom is 0.331 e. The number of fused-ring (bicyclic) bond motifs is 3. The highest BCUT2D eigenvalue weighted by Gasteiger charge is 2.59. The van der Waals surface area contributed by atoms with Crippen LogP contribution in [0.5, 0.6) is 0 Å². The van der Waals surface area contributed by atoms with Gasteiger partial charge in [0.2, 0.25) is 0 Å². The molecule has 5 aliphatic rings. The van der Waals surface area contributed by atoms with E-state index in [1.807, 2.05) is 39.8 Å². The van der Waals surface area contributed by atoms with E-state index in [9.17, 15) is 29.7 Å². The van der Waals surface area contributed by atoms with Crippen molar-refractivity contribution in [2.24, 2.45) is 52.8 Å². The van der Waals surface area contributed by atoms with Crippen molar-refractivity contribution in [3.05, 3.63) is 58.9 Å². The van der Waals surface area contributed by atoms with Gasteiger partial charge in [0.1, 0.15) is 5.76 Å². The van der Waals surface area contributed by atoms with E-state index >= 15 is 0 Å². The molecule has 0 saturated heterocycles. The Hall–Kier alpha value is -2.73. The number of rotatable bonds is 2. The number of carboxylic acid groups (broad SMARTS) is 1. The van der Waals surface area contributed by atoms with Crippen molar-refractivity contribution >= 4 is 17.5 Å². The molecular weight excluding hydrogens is 480 g/mol. The van der Waals surface area contributed by atoms with E-state index in [2.05, 4.69) is 18.2 Å². The van der Waals surface area contributed by atoms with Crippen LogP contribution < -0.4 is 0 Å². The molecule has 2 bridgehead atoms. The number of carbonyl (C=O) groups is 3. The number of hydrogen-bond donors (Lipinski definition) is 3. The molecule has 0 aromatic heterocycles. The van der Waals surface area contributed by atoms with Gasteiger partial charge in [0, 0.05) is 40.6 Å². The van der Waals surface area contributed by atoms with Gasteiger partial charge >= 0.3 is 5.97 Å². The molecule has 38 heavy (non-hydrogen) atoms. The van der Waals surface area contributed by atoms with E-state index in [0.717, 1.165) is 18.4 Å².